The van der Waals surface area contributed by atoms with Crippen LogP contribution >= 0.6 is 0 Å². The summed E-state index contributed by atoms with van der Waals surface area (Å²) in [5, 5.41) is 14.5. The molecule has 2 aromatic carbocycles. The molecule has 0 aliphatic carbocycles. The molecule has 1 amide bonds. The highest BCUT2D eigenvalue weighted by Gasteiger charge is 2.21. The molecule has 0 atom stereocenters. The number of amides is 1. The number of carbonyl (C=O) groups excluding carboxylic acids is 1. The Bertz CT molecular complexity index is 1200. The highest BCUT2D eigenvalue weighted by molar-refractivity contribution is 5.96. The number of hydrogen-bond acceptors (Lipinski definition) is 5. The van der Waals surface area contributed by atoms with Crippen molar-refractivity contribution in [3.63, 3.8) is 0 Å². The van der Waals surface area contributed by atoms with Gasteiger partial charge < -0.3 is 15.7 Å². The molecule has 3 N–H and O–H groups in total. The first-order chi connectivity index (χ1) is 14.4. The number of para-hydroxylation sites is 1. The number of carbonyl (C=O) groups is 1. The highest BCUT2D eigenvalue weighted by Crippen LogP contribution is 2.27. The van der Waals surface area contributed by atoms with Crippen molar-refractivity contribution in [2.24, 2.45) is 0 Å². The number of phenols is 1. The molecule has 0 aliphatic rings. The van der Waals surface area contributed by atoms with Gasteiger partial charge in [0.1, 0.15) is 11.6 Å². The van der Waals surface area contributed by atoms with Gasteiger partial charge in [0.15, 0.2) is 11.5 Å². The highest BCUT2D eigenvalue weighted by atomic mass is 16.3. The summed E-state index contributed by atoms with van der Waals surface area (Å²) < 4.78 is 1.47. The maximum absolute atomic E-state index is 13.3. The SMILES string of the molecule is CC(C)N(Cc1ccccc1)C(=O)c1cc(N)n2nc(-c3ccccc3O)nc2c1. The zero-order chi connectivity index (χ0) is 21.3. The lowest BCUT2D eigenvalue weighted by Crippen LogP contribution is -2.36. The van der Waals surface area contributed by atoms with Gasteiger partial charge in [0.25, 0.3) is 5.91 Å². The molecule has 2 aromatic heterocycles. The molecule has 0 bridgehead atoms. The van der Waals surface area contributed by atoms with Gasteiger partial charge in [-0.3, -0.25) is 4.79 Å². The van der Waals surface area contributed by atoms with E-state index in [1.54, 1.807) is 41.3 Å². The first kappa shape index (κ1) is 19.4. The van der Waals surface area contributed by atoms with Crippen LogP contribution in [0.1, 0.15) is 29.8 Å². The largest absolute Gasteiger partial charge is 0.507 e. The van der Waals surface area contributed by atoms with Gasteiger partial charge >= 0.3 is 0 Å². The van der Waals surface area contributed by atoms with Crippen LogP contribution in [0.3, 0.4) is 0 Å². The lowest BCUT2D eigenvalue weighted by molar-refractivity contribution is 0.0690. The van der Waals surface area contributed by atoms with Crippen LogP contribution in [0.5, 0.6) is 5.75 Å². The number of aromatic nitrogens is 3. The molecule has 0 saturated carbocycles. The van der Waals surface area contributed by atoms with Crippen LogP contribution in [0.25, 0.3) is 17.0 Å². The monoisotopic (exact) mass is 401 g/mol. The van der Waals surface area contributed by atoms with Gasteiger partial charge in [0, 0.05) is 18.2 Å². The quantitative estimate of drug-likeness (QED) is 0.531. The van der Waals surface area contributed by atoms with Crippen LogP contribution in [-0.2, 0) is 6.54 Å². The Hall–Kier alpha value is -3.87. The number of aromatic hydroxyl groups is 1. The molecule has 0 radical (unpaired) electrons. The van der Waals surface area contributed by atoms with Gasteiger partial charge in [-0.1, -0.05) is 42.5 Å². The predicted octanol–water partition coefficient (Wildman–Crippen LogP) is 3.73. The molecule has 4 aromatic rings. The molecule has 0 aliphatic heterocycles. The zero-order valence-corrected chi connectivity index (χ0v) is 16.9. The van der Waals surface area contributed by atoms with Crippen molar-refractivity contribution >= 4 is 17.4 Å². The Morgan fingerprint density at radius 1 is 1.10 bits per heavy atom. The van der Waals surface area contributed by atoms with Crippen molar-refractivity contribution < 1.29 is 9.90 Å². The Kier molecular flexibility index (Phi) is 5.10. The maximum atomic E-state index is 13.3. The van der Waals surface area contributed by atoms with Crippen molar-refractivity contribution in [3.8, 4) is 17.1 Å². The van der Waals surface area contributed by atoms with Crippen molar-refractivity contribution in [1.29, 1.82) is 0 Å². The molecule has 7 nitrogen and oxygen atoms in total. The number of anilines is 1. The third-order valence-electron chi connectivity index (χ3n) is 4.94. The van der Waals surface area contributed by atoms with Gasteiger partial charge in [-0.2, -0.15) is 4.52 Å². The van der Waals surface area contributed by atoms with Crippen LogP contribution in [0.15, 0.2) is 66.7 Å². The summed E-state index contributed by atoms with van der Waals surface area (Å²) in [6, 6.07) is 20.0. The summed E-state index contributed by atoms with van der Waals surface area (Å²) in [6.45, 7) is 4.46. The van der Waals surface area contributed by atoms with Crippen molar-refractivity contribution in [2.75, 3.05) is 5.73 Å². The molecule has 0 unspecified atom stereocenters. The van der Waals surface area contributed by atoms with E-state index in [1.165, 1.54) is 4.52 Å². The third-order valence-corrected chi connectivity index (χ3v) is 4.94. The van der Waals surface area contributed by atoms with Crippen LogP contribution < -0.4 is 5.73 Å². The summed E-state index contributed by atoms with van der Waals surface area (Å²) in [5.41, 5.74) is 8.62. The Labute approximate surface area is 174 Å². The number of pyridine rings is 1. The number of nitrogen functional groups attached to an aromatic ring is 1. The van der Waals surface area contributed by atoms with Crippen LogP contribution in [0.2, 0.25) is 0 Å². The minimum atomic E-state index is -0.129. The smallest absolute Gasteiger partial charge is 0.254 e. The minimum Gasteiger partial charge on any atom is -0.507 e. The number of benzene rings is 2. The van der Waals surface area contributed by atoms with Gasteiger partial charge in [-0.15, -0.1) is 5.10 Å². The molecule has 0 spiro atoms. The van der Waals surface area contributed by atoms with E-state index in [-0.39, 0.29) is 17.7 Å². The number of rotatable bonds is 5. The topological polar surface area (TPSA) is 96.8 Å². The molecule has 4 rings (SSSR count). The van der Waals surface area contributed by atoms with Crippen LogP contribution in [0, 0.1) is 0 Å². The fourth-order valence-corrected chi connectivity index (χ4v) is 3.34. The second-order valence-corrected chi connectivity index (χ2v) is 7.40. The average molecular weight is 401 g/mol. The van der Waals surface area contributed by atoms with Gasteiger partial charge in [-0.25, -0.2) is 4.98 Å². The van der Waals surface area contributed by atoms with Gasteiger partial charge in [0.05, 0.1) is 5.56 Å². The summed E-state index contributed by atoms with van der Waals surface area (Å²) in [5.74, 6) is 0.593. The van der Waals surface area contributed by atoms with E-state index in [2.05, 4.69) is 10.1 Å². The van der Waals surface area contributed by atoms with Crippen molar-refractivity contribution in [2.45, 2.75) is 26.4 Å². The molecule has 0 fully saturated rings. The van der Waals surface area contributed by atoms with E-state index in [4.69, 9.17) is 5.73 Å². The molecular formula is C23H23N5O2. The average Bonchev–Trinajstić information content (AvgIpc) is 3.17. The van der Waals surface area contributed by atoms with E-state index >= 15 is 0 Å². The summed E-state index contributed by atoms with van der Waals surface area (Å²) in [6.07, 6.45) is 0. The third kappa shape index (κ3) is 3.69. The number of hydrogen-bond donors (Lipinski definition) is 2. The lowest BCUT2D eigenvalue weighted by Gasteiger charge is -2.27. The Morgan fingerprint density at radius 2 is 1.80 bits per heavy atom. The lowest BCUT2D eigenvalue weighted by atomic mass is 10.1. The summed E-state index contributed by atoms with van der Waals surface area (Å²) in [7, 11) is 0. The van der Waals surface area contributed by atoms with E-state index in [1.807, 2.05) is 44.2 Å². The number of fused-ring (bicyclic) bond motifs is 1. The fraction of sp³-hybridized carbons (Fsp3) is 0.174. The first-order valence-electron chi connectivity index (χ1n) is 9.73. The van der Waals surface area contributed by atoms with Crippen molar-refractivity contribution in [3.05, 3.63) is 77.9 Å². The fourth-order valence-electron chi connectivity index (χ4n) is 3.34. The Balaban J connectivity index is 1.71. The summed E-state index contributed by atoms with van der Waals surface area (Å²) in [4.78, 5) is 19.6. The zero-order valence-electron chi connectivity index (χ0n) is 16.9. The van der Waals surface area contributed by atoms with Gasteiger partial charge in [-0.05, 0) is 43.7 Å². The van der Waals surface area contributed by atoms with Crippen molar-refractivity contribution in [1.82, 2.24) is 19.5 Å². The second-order valence-electron chi connectivity index (χ2n) is 7.40. The van der Waals surface area contributed by atoms with Gasteiger partial charge in [0.2, 0.25) is 0 Å². The normalized spacial score (nSPS) is 11.2. The molecule has 152 valence electrons. The maximum Gasteiger partial charge on any atom is 0.254 e. The number of phenolic OH excluding ortho intramolecular Hbond substituents is 1. The van der Waals surface area contributed by atoms with E-state index in [9.17, 15) is 9.90 Å². The van der Waals surface area contributed by atoms with Crippen LogP contribution in [0.4, 0.5) is 5.82 Å². The molecule has 2 heterocycles. The minimum absolute atomic E-state index is 0.00449. The van der Waals surface area contributed by atoms with E-state index in [0.29, 0.717) is 35.0 Å². The molecular weight excluding hydrogens is 378 g/mol. The number of nitrogens with two attached hydrogens (primary N) is 1. The van der Waals surface area contributed by atoms with E-state index < -0.39 is 0 Å². The Morgan fingerprint density at radius 3 is 2.50 bits per heavy atom. The standard InChI is InChI=1S/C23H23N5O2/c1-15(2)27(14-16-8-4-3-5-9-16)23(30)17-12-20(24)28-21(13-17)25-22(26-28)18-10-6-7-11-19(18)29/h3-13,15,29H,14,24H2,1-2H3. The molecule has 0 saturated heterocycles. The summed E-state index contributed by atoms with van der Waals surface area (Å²) >= 11 is 0. The predicted molar refractivity (Wildman–Crippen MR) is 116 cm³/mol. The second kappa shape index (κ2) is 7.87. The van der Waals surface area contributed by atoms with E-state index in [0.717, 1.165) is 5.56 Å². The van der Waals surface area contributed by atoms with Crippen LogP contribution in [-0.4, -0.2) is 36.6 Å². The molecule has 30 heavy (non-hydrogen) atoms. The number of nitrogens with zero attached hydrogens (tertiary/aromatic N) is 4. The molecule has 7 heteroatoms. The first-order valence-corrected chi connectivity index (χ1v) is 9.73.